The Morgan fingerprint density at radius 2 is 1.80 bits per heavy atom. The molecule has 6 nitrogen and oxygen atoms in total. The molecule has 0 unspecified atom stereocenters. The van der Waals surface area contributed by atoms with E-state index in [1.807, 2.05) is 0 Å². The Balaban J connectivity index is 1.95. The molecule has 25 heavy (non-hydrogen) atoms. The van der Waals surface area contributed by atoms with Gasteiger partial charge in [-0.3, -0.25) is 9.52 Å². The average Bonchev–Trinajstić information content (AvgIpc) is 2.85. The number of carbonyl (C=O) groups is 1. The van der Waals surface area contributed by atoms with Gasteiger partial charge in [0, 0.05) is 16.0 Å². The summed E-state index contributed by atoms with van der Waals surface area (Å²) in [6.45, 7) is 1.76. The molecular formula is C17H15ClN2O4S. The maximum absolute atomic E-state index is 12.6. The lowest BCUT2D eigenvalue weighted by molar-refractivity contribution is 0.0998. The van der Waals surface area contributed by atoms with E-state index in [-0.39, 0.29) is 11.4 Å². The van der Waals surface area contributed by atoms with Crippen molar-refractivity contribution in [2.75, 3.05) is 16.3 Å². The van der Waals surface area contributed by atoms with Gasteiger partial charge in [-0.15, -0.1) is 0 Å². The van der Waals surface area contributed by atoms with Crippen LogP contribution in [-0.4, -0.2) is 20.6 Å². The van der Waals surface area contributed by atoms with Crippen LogP contribution >= 0.6 is 11.6 Å². The van der Waals surface area contributed by atoms with E-state index in [4.69, 9.17) is 16.0 Å². The normalized spacial score (nSPS) is 11.5. The van der Waals surface area contributed by atoms with Crippen LogP contribution in [-0.2, 0) is 10.0 Å². The molecule has 0 fully saturated rings. The van der Waals surface area contributed by atoms with Crippen molar-refractivity contribution < 1.29 is 17.6 Å². The van der Waals surface area contributed by atoms with Gasteiger partial charge in [0.2, 0.25) is 10.0 Å². The first kappa shape index (κ1) is 17.3. The quantitative estimate of drug-likeness (QED) is 0.717. The zero-order chi connectivity index (χ0) is 18.2. The number of hydrogen-bond donors (Lipinski definition) is 2. The number of amides is 1. The van der Waals surface area contributed by atoms with Gasteiger partial charge in [-0.25, -0.2) is 8.42 Å². The average molecular weight is 379 g/mol. The molecule has 0 atom stereocenters. The van der Waals surface area contributed by atoms with Crippen molar-refractivity contribution in [3.8, 4) is 0 Å². The number of hydrogen-bond acceptors (Lipinski definition) is 4. The topological polar surface area (TPSA) is 88.4 Å². The van der Waals surface area contributed by atoms with Gasteiger partial charge in [-0.1, -0.05) is 23.7 Å². The molecule has 0 spiro atoms. The van der Waals surface area contributed by atoms with E-state index >= 15 is 0 Å². The zero-order valence-corrected chi connectivity index (χ0v) is 15.0. The lowest BCUT2D eigenvalue weighted by atomic mass is 10.1. The fourth-order valence-corrected chi connectivity index (χ4v) is 3.22. The lowest BCUT2D eigenvalue weighted by Gasteiger charge is -2.11. The smallest absolute Gasteiger partial charge is 0.291 e. The minimum atomic E-state index is -3.47. The van der Waals surface area contributed by atoms with Crippen LogP contribution in [0.15, 0.2) is 46.9 Å². The summed E-state index contributed by atoms with van der Waals surface area (Å²) in [7, 11) is -3.47. The van der Waals surface area contributed by atoms with Gasteiger partial charge in [0.25, 0.3) is 5.91 Å². The van der Waals surface area contributed by atoms with Crippen LogP contribution in [0.5, 0.6) is 0 Å². The Kier molecular flexibility index (Phi) is 4.45. The number of nitrogens with one attached hydrogen (secondary N) is 2. The largest absolute Gasteiger partial charge is 0.451 e. The van der Waals surface area contributed by atoms with Crippen LogP contribution in [0.2, 0.25) is 5.02 Å². The van der Waals surface area contributed by atoms with E-state index in [9.17, 15) is 13.2 Å². The Hall–Kier alpha value is -2.51. The standard InChI is InChI=1S/C17H15ClN2O4S/c1-10-12-9-11(18)7-8-15(12)24-16(10)17(21)19-13-5-3-4-6-14(13)20-25(2,22)23/h3-9,20H,1-2H3,(H,19,21). The molecule has 0 aliphatic rings. The Bertz CT molecular complexity index is 1070. The van der Waals surface area contributed by atoms with Crippen LogP contribution in [0.25, 0.3) is 11.0 Å². The predicted molar refractivity (Wildman–Crippen MR) is 98.8 cm³/mol. The first-order valence-corrected chi connectivity index (χ1v) is 9.58. The Labute approximate surface area is 149 Å². The summed E-state index contributed by atoms with van der Waals surface area (Å²) in [6, 6.07) is 11.6. The summed E-state index contributed by atoms with van der Waals surface area (Å²) in [5.41, 5.74) is 1.81. The molecule has 1 heterocycles. The van der Waals surface area contributed by atoms with Gasteiger partial charge in [0.15, 0.2) is 5.76 Å². The van der Waals surface area contributed by atoms with E-state index < -0.39 is 15.9 Å². The molecule has 3 aromatic rings. The first-order chi connectivity index (χ1) is 11.7. The summed E-state index contributed by atoms with van der Waals surface area (Å²) in [6.07, 6.45) is 1.04. The van der Waals surface area contributed by atoms with Crippen molar-refractivity contribution in [2.45, 2.75) is 6.92 Å². The number of rotatable bonds is 4. The van der Waals surface area contributed by atoms with Gasteiger partial charge in [0.05, 0.1) is 17.6 Å². The van der Waals surface area contributed by atoms with Crippen molar-refractivity contribution in [2.24, 2.45) is 0 Å². The van der Waals surface area contributed by atoms with Gasteiger partial charge in [-0.05, 0) is 37.3 Å². The maximum Gasteiger partial charge on any atom is 0.291 e. The highest BCUT2D eigenvalue weighted by Gasteiger charge is 2.19. The molecule has 2 N–H and O–H groups in total. The molecule has 0 bridgehead atoms. The SMILES string of the molecule is Cc1c(C(=O)Nc2ccccc2NS(C)(=O)=O)oc2ccc(Cl)cc12. The number of aryl methyl sites for hydroxylation is 1. The van der Waals surface area contributed by atoms with Crippen LogP contribution in [0, 0.1) is 6.92 Å². The molecular weight excluding hydrogens is 364 g/mol. The summed E-state index contributed by atoms with van der Waals surface area (Å²) >= 11 is 5.98. The maximum atomic E-state index is 12.6. The van der Waals surface area contributed by atoms with Crippen molar-refractivity contribution in [1.82, 2.24) is 0 Å². The highest BCUT2D eigenvalue weighted by Crippen LogP contribution is 2.29. The number of anilines is 2. The van der Waals surface area contributed by atoms with Crippen molar-refractivity contribution in [1.29, 1.82) is 0 Å². The molecule has 0 saturated heterocycles. The third kappa shape index (κ3) is 3.78. The fourth-order valence-electron chi connectivity index (χ4n) is 2.47. The number of furan rings is 1. The number of fused-ring (bicyclic) bond motifs is 1. The number of sulfonamides is 1. The molecule has 0 aliphatic heterocycles. The van der Waals surface area contributed by atoms with Crippen molar-refractivity contribution >= 4 is 49.9 Å². The summed E-state index contributed by atoms with van der Waals surface area (Å²) in [4.78, 5) is 12.6. The molecule has 1 amide bonds. The van der Waals surface area contributed by atoms with E-state index in [1.165, 1.54) is 0 Å². The second-order valence-electron chi connectivity index (χ2n) is 5.57. The van der Waals surface area contributed by atoms with E-state index in [1.54, 1.807) is 49.4 Å². The van der Waals surface area contributed by atoms with Gasteiger partial charge >= 0.3 is 0 Å². The molecule has 0 aliphatic carbocycles. The van der Waals surface area contributed by atoms with Gasteiger partial charge < -0.3 is 9.73 Å². The molecule has 1 aromatic heterocycles. The zero-order valence-electron chi connectivity index (χ0n) is 13.5. The minimum absolute atomic E-state index is 0.145. The monoisotopic (exact) mass is 378 g/mol. The van der Waals surface area contributed by atoms with Crippen LogP contribution in [0.3, 0.4) is 0 Å². The van der Waals surface area contributed by atoms with Gasteiger partial charge in [-0.2, -0.15) is 0 Å². The molecule has 2 aromatic carbocycles. The van der Waals surface area contributed by atoms with Gasteiger partial charge in [0.1, 0.15) is 5.58 Å². The summed E-state index contributed by atoms with van der Waals surface area (Å²) in [5.74, 6) is -0.334. The fraction of sp³-hybridized carbons (Fsp3) is 0.118. The number of halogens is 1. The molecule has 8 heteroatoms. The number of para-hydroxylation sites is 2. The minimum Gasteiger partial charge on any atom is -0.451 e. The highest BCUT2D eigenvalue weighted by molar-refractivity contribution is 7.92. The summed E-state index contributed by atoms with van der Waals surface area (Å²) < 4.78 is 30.9. The Morgan fingerprint density at radius 1 is 1.12 bits per heavy atom. The lowest BCUT2D eigenvalue weighted by Crippen LogP contribution is -2.16. The van der Waals surface area contributed by atoms with E-state index in [0.717, 1.165) is 11.6 Å². The first-order valence-electron chi connectivity index (χ1n) is 7.31. The van der Waals surface area contributed by atoms with E-state index in [2.05, 4.69) is 10.0 Å². The van der Waals surface area contributed by atoms with Crippen LogP contribution < -0.4 is 10.0 Å². The second kappa shape index (κ2) is 6.42. The van der Waals surface area contributed by atoms with E-state index in [0.29, 0.717) is 21.9 Å². The second-order valence-corrected chi connectivity index (χ2v) is 7.76. The molecule has 3 rings (SSSR count). The van der Waals surface area contributed by atoms with Crippen LogP contribution in [0.4, 0.5) is 11.4 Å². The third-order valence-corrected chi connectivity index (χ3v) is 4.40. The van der Waals surface area contributed by atoms with Crippen molar-refractivity contribution in [3.63, 3.8) is 0 Å². The van der Waals surface area contributed by atoms with Crippen molar-refractivity contribution in [3.05, 3.63) is 58.8 Å². The summed E-state index contributed by atoms with van der Waals surface area (Å²) in [5, 5.41) is 3.97. The number of benzene rings is 2. The number of carbonyl (C=O) groups excluding carboxylic acids is 1. The predicted octanol–water partition coefficient (Wildman–Crippen LogP) is 4.02. The molecule has 0 radical (unpaired) electrons. The third-order valence-electron chi connectivity index (χ3n) is 3.58. The Morgan fingerprint density at radius 3 is 2.48 bits per heavy atom. The molecule has 0 saturated carbocycles. The molecule has 130 valence electrons. The van der Waals surface area contributed by atoms with Crippen LogP contribution in [0.1, 0.15) is 16.1 Å². The highest BCUT2D eigenvalue weighted by atomic mass is 35.5.